The highest BCUT2D eigenvalue weighted by Gasteiger charge is 2.16. The average Bonchev–Trinajstić information content (AvgIpc) is 2.30. The van der Waals surface area contributed by atoms with E-state index in [9.17, 15) is 14.7 Å². The fraction of sp³-hybridized carbons (Fsp3) is 0.333. The Morgan fingerprint density at radius 2 is 1.95 bits per heavy atom. The standard InChI is InChI=1S/C12H15NO6/c1-13(6-10(14)15)5-8-3-7(12(17)18)4-9(19-2)11(8)16/h3-4,16H,5-6H2,1-2H3,(H,14,15)(H,17,18). The van der Waals surface area contributed by atoms with Gasteiger partial charge in [-0.05, 0) is 19.2 Å². The Kier molecular flexibility index (Phi) is 4.71. The van der Waals surface area contributed by atoms with Crippen molar-refractivity contribution in [3.05, 3.63) is 23.3 Å². The molecule has 0 spiro atoms. The maximum absolute atomic E-state index is 11.0. The smallest absolute Gasteiger partial charge is 0.335 e. The van der Waals surface area contributed by atoms with E-state index in [1.165, 1.54) is 24.1 Å². The quantitative estimate of drug-likeness (QED) is 0.694. The van der Waals surface area contributed by atoms with Crippen LogP contribution in [0.15, 0.2) is 12.1 Å². The van der Waals surface area contributed by atoms with E-state index in [4.69, 9.17) is 14.9 Å². The molecule has 19 heavy (non-hydrogen) atoms. The Morgan fingerprint density at radius 1 is 1.32 bits per heavy atom. The second-order valence-corrected chi connectivity index (χ2v) is 4.06. The summed E-state index contributed by atoms with van der Waals surface area (Å²) in [6.07, 6.45) is 0. The molecule has 0 heterocycles. The SMILES string of the molecule is COc1cc(C(=O)O)cc(CN(C)CC(=O)O)c1O. The van der Waals surface area contributed by atoms with Gasteiger partial charge in [-0.3, -0.25) is 9.69 Å². The number of likely N-dealkylation sites (N-methyl/N-ethyl adjacent to an activating group) is 1. The van der Waals surface area contributed by atoms with Crippen LogP contribution in [-0.2, 0) is 11.3 Å². The first-order valence-electron chi connectivity index (χ1n) is 5.38. The van der Waals surface area contributed by atoms with Crippen LogP contribution in [0.3, 0.4) is 0 Å². The van der Waals surface area contributed by atoms with Gasteiger partial charge >= 0.3 is 11.9 Å². The average molecular weight is 269 g/mol. The number of aromatic hydroxyl groups is 1. The third kappa shape index (κ3) is 3.85. The lowest BCUT2D eigenvalue weighted by Crippen LogP contribution is -2.25. The molecule has 0 saturated carbocycles. The molecular formula is C12H15NO6. The molecule has 0 fully saturated rings. The number of ether oxygens (including phenoxy) is 1. The van der Waals surface area contributed by atoms with E-state index in [0.29, 0.717) is 5.56 Å². The highest BCUT2D eigenvalue weighted by Crippen LogP contribution is 2.32. The van der Waals surface area contributed by atoms with Crippen molar-refractivity contribution in [2.45, 2.75) is 6.54 Å². The van der Waals surface area contributed by atoms with Gasteiger partial charge < -0.3 is 20.1 Å². The van der Waals surface area contributed by atoms with E-state index in [0.717, 1.165) is 0 Å². The number of rotatable bonds is 6. The first-order valence-corrected chi connectivity index (χ1v) is 5.38. The van der Waals surface area contributed by atoms with Gasteiger partial charge in [-0.2, -0.15) is 0 Å². The zero-order valence-corrected chi connectivity index (χ0v) is 10.6. The van der Waals surface area contributed by atoms with Gasteiger partial charge in [-0.1, -0.05) is 0 Å². The molecule has 0 unspecified atom stereocenters. The molecule has 0 amide bonds. The molecule has 0 bridgehead atoms. The van der Waals surface area contributed by atoms with Crippen LogP contribution in [0.4, 0.5) is 0 Å². The molecule has 7 nitrogen and oxygen atoms in total. The molecule has 0 aliphatic rings. The summed E-state index contributed by atoms with van der Waals surface area (Å²) in [5.74, 6) is -2.31. The van der Waals surface area contributed by atoms with Crippen LogP contribution in [-0.4, -0.2) is 52.9 Å². The topological polar surface area (TPSA) is 107 Å². The number of carboxylic acid groups (broad SMARTS) is 2. The van der Waals surface area contributed by atoms with E-state index in [-0.39, 0.29) is 30.2 Å². The van der Waals surface area contributed by atoms with Crippen LogP contribution in [0.5, 0.6) is 11.5 Å². The number of nitrogens with zero attached hydrogens (tertiary/aromatic N) is 1. The first kappa shape index (κ1) is 14.8. The van der Waals surface area contributed by atoms with E-state index < -0.39 is 11.9 Å². The lowest BCUT2D eigenvalue weighted by molar-refractivity contribution is -0.138. The predicted octanol–water partition coefficient (Wildman–Crippen LogP) is 0.615. The second kappa shape index (κ2) is 6.05. The molecule has 0 aromatic heterocycles. The van der Waals surface area contributed by atoms with E-state index in [2.05, 4.69) is 0 Å². The molecule has 7 heteroatoms. The molecule has 0 aliphatic heterocycles. The van der Waals surface area contributed by atoms with Crippen molar-refractivity contribution in [3.63, 3.8) is 0 Å². The molecular weight excluding hydrogens is 254 g/mol. The molecule has 104 valence electrons. The number of benzene rings is 1. The van der Waals surface area contributed by atoms with Crippen molar-refractivity contribution in [1.29, 1.82) is 0 Å². The summed E-state index contributed by atoms with van der Waals surface area (Å²) in [7, 11) is 2.86. The largest absolute Gasteiger partial charge is 0.504 e. The van der Waals surface area contributed by atoms with Gasteiger partial charge in [0.1, 0.15) is 0 Å². The molecule has 1 aromatic rings. The van der Waals surface area contributed by atoms with Gasteiger partial charge in [0.25, 0.3) is 0 Å². The number of methoxy groups -OCH3 is 1. The van der Waals surface area contributed by atoms with Crippen molar-refractivity contribution in [3.8, 4) is 11.5 Å². The molecule has 1 rings (SSSR count). The van der Waals surface area contributed by atoms with Gasteiger partial charge in [0.2, 0.25) is 0 Å². The summed E-state index contributed by atoms with van der Waals surface area (Å²) < 4.78 is 4.89. The molecule has 0 saturated heterocycles. The highest BCUT2D eigenvalue weighted by molar-refractivity contribution is 5.89. The van der Waals surface area contributed by atoms with Crippen LogP contribution < -0.4 is 4.74 Å². The normalized spacial score (nSPS) is 10.5. The Balaban J connectivity index is 3.08. The number of carboxylic acids is 2. The summed E-state index contributed by atoms with van der Waals surface area (Å²) in [5, 5.41) is 27.5. The van der Waals surface area contributed by atoms with Gasteiger partial charge in [0.15, 0.2) is 11.5 Å². The Hall–Kier alpha value is -2.28. The maximum atomic E-state index is 11.0. The van der Waals surface area contributed by atoms with Crippen molar-refractivity contribution in [2.75, 3.05) is 20.7 Å². The second-order valence-electron chi connectivity index (χ2n) is 4.06. The lowest BCUT2D eigenvalue weighted by Gasteiger charge is -2.16. The van der Waals surface area contributed by atoms with Gasteiger partial charge in [-0.25, -0.2) is 4.79 Å². The Labute approximate surface area is 109 Å². The summed E-state index contributed by atoms with van der Waals surface area (Å²) >= 11 is 0. The van der Waals surface area contributed by atoms with E-state index in [1.54, 1.807) is 7.05 Å². The summed E-state index contributed by atoms with van der Waals surface area (Å²) in [5.41, 5.74) is 0.258. The Bertz CT molecular complexity index is 499. The minimum absolute atomic E-state index is 0.0339. The van der Waals surface area contributed by atoms with E-state index >= 15 is 0 Å². The number of phenols is 1. The number of hydrogen-bond donors (Lipinski definition) is 3. The van der Waals surface area contributed by atoms with Gasteiger partial charge in [-0.15, -0.1) is 0 Å². The summed E-state index contributed by atoms with van der Waals surface area (Å²) in [6, 6.07) is 2.50. The number of aromatic carboxylic acids is 1. The lowest BCUT2D eigenvalue weighted by atomic mass is 10.1. The van der Waals surface area contributed by atoms with Gasteiger partial charge in [0, 0.05) is 12.1 Å². The minimum atomic E-state index is -1.15. The summed E-state index contributed by atoms with van der Waals surface area (Å²) in [4.78, 5) is 22.9. The van der Waals surface area contributed by atoms with Crippen LogP contribution in [0.25, 0.3) is 0 Å². The summed E-state index contributed by atoms with van der Waals surface area (Å²) in [6.45, 7) is -0.130. The fourth-order valence-corrected chi connectivity index (χ4v) is 1.64. The third-order valence-corrected chi connectivity index (χ3v) is 2.47. The van der Waals surface area contributed by atoms with Crippen LogP contribution >= 0.6 is 0 Å². The third-order valence-electron chi connectivity index (χ3n) is 2.47. The molecule has 0 radical (unpaired) electrons. The minimum Gasteiger partial charge on any atom is -0.504 e. The Morgan fingerprint density at radius 3 is 2.42 bits per heavy atom. The molecule has 0 atom stereocenters. The fourth-order valence-electron chi connectivity index (χ4n) is 1.64. The van der Waals surface area contributed by atoms with Crippen LogP contribution in [0.2, 0.25) is 0 Å². The maximum Gasteiger partial charge on any atom is 0.335 e. The monoisotopic (exact) mass is 269 g/mol. The predicted molar refractivity (Wildman–Crippen MR) is 65.6 cm³/mol. The van der Waals surface area contributed by atoms with Crippen molar-refractivity contribution in [2.24, 2.45) is 0 Å². The van der Waals surface area contributed by atoms with Crippen molar-refractivity contribution < 1.29 is 29.6 Å². The van der Waals surface area contributed by atoms with E-state index in [1.807, 2.05) is 0 Å². The first-order chi connectivity index (χ1) is 8.85. The molecule has 1 aromatic carbocycles. The van der Waals surface area contributed by atoms with Crippen LogP contribution in [0.1, 0.15) is 15.9 Å². The van der Waals surface area contributed by atoms with Crippen molar-refractivity contribution >= 4 is 11.9 Å². The zero-order chi connectivity index (χ0) is 14.6. The zero-order valence-electron chi connectivity index (χ0n) is 10.6. The highest BCUT2D eigenvalue weighted by atomic mass is 16.5. The number of carbonyl (C=O) groups is 2. The molecule has 3 N–H and O–H groups in total. The van der Waals surface area contributed by atoms with Crippen molar-refractivity contribution in [1.82, 2.24) is 4.90 Å². The van der Waals surface area contributed by atoms with Gasteiger partial charge in [0.05, 0.1) is 19.2 Å². The molecule has 0 aliphatic carbocycles. The number of phenolic OH excluding ortho intramolecular Hbond substituents is 1. The number of aliphatic carboxylic acids is 1. The van der Waals surface area contributed by atoms with Crippen LogP contribution in [0, 0.1) is 0 Å². The number of hydrogen-bond acceptors (Lipinski definition) is 5.